The van der Waals surface area contributed by atoms with Crippen molar-refractivity contribution < 1.29 is 136 Å². The molecule has 3 unspecified atom stereocenters. The maximum Gasteiger partial charge on any atom is 1.00 e. The van der Waals surface area contributed by atoms with E-state index >= 15 is 0 Å². The number of phosphoric acid groups is 2. The molecule has 2 fully saturated rings. The van der Waals surface area contributed by atoms with Gasteiger partial charge in [0.2, 0.25) is 5.95 Å². The first kappa shape index (κ1) is 43.2. The number of aromatic nitrogens is 4. The first-order chi connectivity index (χ1) is 22.5. The van der Waals surface area contributed by atoms with E-state index in [4.69, 9.17) is 19.9 Å². The van der Waals surface area contributed by atoms with Crippen LogP contribution in [-0.2, 0) is 32.0 Å². The Bertz CT molecular complexity index is 1800. The molecule has 0 aliphatic carbocycles. The maximum atomic E-state index is 12.5. The fraction of sp³-hybridized carbons (Fsp3) is 0.500. The number of carbonyl (C=O) groups is 1. The number of rotatable bonds is 12. The summed E-state index contributed by atoms with van der Waals surface area (Å²) in [5, 5.41) is 51.7. The molecule has 26 heteroatoms. The number of hydrogen-bond acceptors (Lipinski definition) is 20. The molecule has 11 atom stereocenters. The Labute approximate surface area is 325 Å². The van der Waals surface area contributed by atoms with Crippen molar-refractivity contribution in [2.75, 3.05) is 18.9 Å². The number of benzene rings is 1. The molecule has 22 nitrogen and oxygen atoms in total. The van der Waals surface area contributed by atoms with Crippen LogP contribution in [-0.4, -0.2) is 113 Å². The van der Waals surface area contributed by atoms with Gasteiger partial charge in [-0.15, -0.1) is 0 Å². The van der Waals surface area contributed by atoms with E-state index in [1.807, 2.05) is 0 Å². The molecule has 2 aromatic heterocycles. The zero-order chi connectivity index (χ0) is 35.1. The van der Waals surface area contributed by atoms with Gasteiger partial charge in [0.05, 0.1) is 12.9 Å². The largest absolute Gasteiger partial charge is 1.00 e. The third-order valence-electron chi connectivity index (χ3n) is 7.24. The second kappa shape index (κ2) is 17.3. The summed E-state index contributed by atoms with van der Waals surface area (Å²) in [6.07, 6.45) is -15.5. The Morgan fingerprint density at radius 1 is 0.960 bits per heavy atom. The van der Waals surface area contributed by atoms with Crippen molar-refractivity contribution >= 4 is 38.5 Å². The number of ether oxygens (including phenoxy) is 3. The number of nitrogen functional groups attached to an aromatic ring is 1. The fourth-order valence-corrected chi connectivity index (χ4v) is 6.87. The van der Waals surface area contributed by atoms with Crippen molar-refractivity contribution in [2.24, 2.45) is 0 Å². The molecule has 3 aromatic rings. The predicted molar refractivity (Wildman–Crippen MR) is 150 cm³/mol. The summed E-state index contributed by atoms with van der Waals surface area (Å²) in [6, 6.07) is 5.74. The number of phosphoric ester groups is 2. The molecule has 5 rings (SSSR count). The number of aromatic amines is 1. The minimum atomic E-state index is -5.98. The molecule has 2 saturated heterocycles. The Kier molecular flexibility index (Phi) is 15.0. The van der Waals surface area contributed by atoms with E-state index in [0.29, 0.717) is 5.56 Å². The number of H-pyrrole nitrogens is 1. The first-order valence-corrected chi connectivity index (χ1v) is 16.7. The minimum absolute atomic E-state index is 0. The molecule has 0 saturated carbocycles. The number of aliphatic hydroxyl groups is 5. The second-order valence-electron chi connectivity index (χ2n) is 10.6. The zero-order valence-corrected chi connectivity index (χ0v) is 32.2. The number of aliphatic hydroxyl groups excluding tert-OH is 5. The van der Waals surface area contributed by atoms with Crippen molar-refractivity contribution in [1.82, 2.24) is 19.5 Å². The van der Waals surface area contributed by atoms with Gasteiger partial charge >= 0.3 is 59.1 Å². The molecule has 0 spiro atoms. The summed E-state index contributed by atoms with van der Waals surface area (Å²) in [4.78, 5) is 58.3. The molecule has 0 radical (unpaired) electrons. The van der Waals surface area contributed by atoms with Crippen molar-refractivity contribution in [1.29, 1.82) is 0 Å². The molecule has 2 aliphatic rings. The summed E-state index contributed by atoms with van der Waals surface area (Å²) in [7, 11) is -11.8. The molecular formula is C24H29N5Na2O17P2. The molecule has 1 aromatic carbocycles. The van der Waals surface area contributed by atoms with Gasteiger partial charge in [0.25, 0.3) is 21.2 Å². The fourth-order valence-electron chi connectivity index (χ4n) is 4.79. The third kappa shape index (κ3) is 9.87. The summed E-state index contributed by atoms with van der Waals surface area (Å²) < 4.78 is 55.1. The van der Waals surface area contributed by atoms with Crippen LogP contribution in [0.5, 0.6) is 5.75 Å². The van der Waals surface area contributed by atoms with E-state index in [1.54, 1.807) is 0 Å². The normalized spacial score (nSPS) is 30.4. The van der Waals surface area contributed by atoms with Gasteiger partial charge in [-0.2, -0.15) is 4.98 Å². The molecule has 264 valence electrons. The maximum absolute atomic E-state index is 12.5. The van der Waals surface area contributed by atoms with Gasteiger partial charge in [0, 0.05) is 5.56 Å². The average molecular weight is 767 g/mol. The van der Waals surface area contributed by atoms with Crippen LogP contribution < -0.4 is 84.9 Å². The Morgan fingerprint density at radius 3 is 2.22 bits per heavy atom. The Morgan fingerprint density at radius 2 is 1.58 bits per heavy atom. The van der Waals surface area contributed by atoms with E-state index in [2.05, 4.69) is 28.3 Å². The van der Waals surface area contributed by atoms with Crippen LogP contribution in [0.3, 0.4) is 0 Å². The van der Waals surface area contributed by atoms with Gasteiger partial charge in [0.1, 0.15) is 55.1 Å². The minimum Gasteiger partial charge on any atom is -0.756 e. The van der Waals surface area contributed by atoms with E-state index in [9.17, 15) is 54.0 Å². The van der Waals surface area contributed by atoms with Gasteiger partial charge < -0.3 is 59.8 Å². The molecule has 0 bridgehead atoms. The van der Waals surface area contributed by atoms with Gasteiger partial charge in [-0.3, -0.25) is 32.8 Å². The molecule has 50 heavy (non-hydrogen) atoms. The van der Waals surface area contributed by atoms with Gasteiger partial charge in [-0.1, -0.05) is 0 Å². The van der Waals surface area contributed by atoms with E-state index in [-0.39, 0.29) is 87.8 Å². The summed E-state index contributed by atoms with van der Waals surface area (Å²) in [6.45, 7) is -0.271. The van der Waals surface area contributed by atoms with E-state index in [0.717, 1.165) is 10.9 Å². The molecular weight excluding hydrogens is 738 g/mol. The number of Topliss-reactive ketones (excluding diaryl/α,β-unsaturated/α-hetero) is 1. The van der Waals surface area contributed by atoms with Crippen molar-refractivity contribution in [3.8, 4) is 5.75 Å². The zero-order valence-electron chi connectivity index (χ0n) is 26.4. The molecule has 4 heterocycles. The molecule has 8 N–H and O–H groups in total. The van der Waals surface area contributed by atoms with Crippen LogP contribution >= 0.6 is 15.6 Å². The average Bonchev–Trinajstić information content (AvgIpc) is 3.55. The standard InChI is InChI=1S/C24H31N5O17P2.2Na/c1-9(30)10-2-4-11(5-3-10)41-6-12-15(31)17(33)19(35)23(44-12)45-48(39,40)46-47(37,38)42-7-13-16(32)18(34)22(43-13)29-8-26-14-20(29)27-24(25)28-21(14)36;;/h2-5,8,12-13,15-19,22-23,31-35H,6-7H2,1H3,(H,37,38)(H,39,40)(H3,25,27,28,36);;/q;2*+1/p-2/t12-,13+,15+,16+,17+,18+,19-,22+,23?;;/m0../s1. The predicted octanol–water partition coefficient (Wildman–Crippen LogP) is -9.60. The number of carbonyl (C=O) groups excluding carboxylic acids is 1. The number of imidazole rings is 1. The third-order valence-corrected chi connectivity index (χ3v) is 9.77. The van der Waals surface area contributed by atoms with Gasteiger partial charge in [-0.25, -0.2) is 9.29 Å². The van der Waals surface area contributed by atoms with Crippen molar-refractivity contribution in [3.05, 3.63) is 46.5 Å². The number of ketones is 1. The number of nitrogens with two attached hydrogens (primary N) is 1. The Hall–Kier alpha value is -1.18. The van der Waals surface area contributed by atoms with Gasteiger partial charge in [0.15, 0.2) is 29.5 Å². The summed E-state index contributed by atoms with van der Waals surface area (Å²) in [5.74, 6) is -0.308. The number of nitrogens with zero attached hydrogens (tertiary/aromatic N) is 3. The summed E-state index contributed by atoms with van der Waals surface area (Å²) in [5.41, 5.74) is 4.88. The van der Waals surface area contributed by atoms with Crippen molar-refractivity contribution in [2.45, 2.75) is 62.2 Å². The Balaban J connectivity index is 0.00000338. The monoisotopic (exact) mass is 767 g/mol. The van der Waals surface area contributed by atoms with Crippen molar-refractivity contribution in [3.63, 3.8) is 0 Å². The number of anilines is 1. The number of fused-ring (bicyclic) bond motifs is 1. The second-order valence-corrected chi connectivity index (χ2v) is 13.5. The number of hydrogen-bond donors (Lipinski definition) is 7. The smallest absolute Gasteiger partial charge is 0.756 e. The van der Waals surface area contributed by atoms with Gasteiger partial charge in [-0.05, 0) is 31.2 Å². The topological polar surface area (TPSA) is 343 Å². The van der Waals surface area contributed by atoms with Crippen LogP contribution in [0.1, 0.15) is 23.5 Å². The van der Waals surface area contributed by atoms with Crippen LogP contribution in [0.4, 0.5) is 5.95 Å². The first-order valence-electron chi connectivity index (χ1n) is 13.8. The molecule has 0 amide bonds. The quantitative estimate of drug-likeness (QED) is 0.0511. The number of nitrogens with one attached hydrogen (secondary N) is 1. The van der Waals surface area contributed by atoms with E-state index in [1.165, 1.54) is 31.2 Å². The summed E-state index contributed by atoms with van der Waals surface area (Å²) >= 11 is 0. The SMILES string of the molecule is CC(=O)c1ccc(OC[C@@H]2OC(OP(=O)([O-])OP(=O)([O-])OC[C@H]3O[C@@H](n4cnc5c(=O)[nH]c(N)nc54)[C@H](O)[C@@H]3O)[C@@H](O)[C@H](O)[C@@H]2O)cc1.[Na+].[Na+]. The molecule has 2 aliphatic heterocycles. The van der Waals surface area contributed by atoms with Crippen LogP contribution in [0.2, 0.25) is 0 Å². The van der Waals surface area contributed by atoms with Crippen LogP contribution in [0.25, 0.3) is 11.2 Å². The van der Waals surface area contributed by atoms with E-state index < -0.39 is 89.7 Å². The van der Waals surface area contributed by atoms with Crippen LogP contribution in [0.15, 0.2) is 35.4 Å². The van der Waals surface area contributed by atoms with Crippen LogP contribution in [0, 0.1) is 0 Å².